The van der Waals surface area contributed by atoms with Gasteiger partial charge in [-0.05, 0) is 31.2 Å². The van der Waals surface area contributed by atoms with Crippen molar-refractivity contribution in [3.8, 4) is 11.3 Å². The Morgan fingerprint density at radius 3 is 2.81 bits per heavy atom. The van der Waals surface area contributed by atoms with Gasteiger partial charge in [0.25, 0.3) is 5.91 Å². The SMILES string of the molecule is C[C@@H](Cc1ccccn1)NC(=O)c1csc2nc(-c3ccc(Cl)cc3)cn12. The highest BCUT2D eigenvalue weighted by Crippen LogP contribution is 2.25. The minimum Gasteiger partial charge on any atom is -0.348 e. The molecule has 0 saturated heterocycles. The molecular weight excluding hydrogens is 380 g/mol. The van der Waals surface area contributed by atoms with Crippen LogP contribution in [0.25, 0.3) is 16.2 Å². The molecule has 3 heterocycles. The van der Waals surface area contributed by atoms with Crippen LogP contribution >= 0.6 is 22.9 Å². The lowest BCUT2D eigenvalue weighted by atomic mass is 10.1. The Morgan fingerprint density at radius 1 is 1.26 bits per heavy atom. The number of imidazole rings is 1. The van der Waals surface area contributed by atoms with Crippen molar-refractivity contribution in [2.24, 2.45) is 0 Å². The van der Waals surface area contributed by atoms with Gasteiger partial charge in [0.2, 0.25) is 0 Å². The third-order valence-electron chi connectivity index (χ3n) is 4.20. The fourth-order valence-corrected chi connectivity index (χ4v) is 3.87. The quantitative estimate of drug-likeness (QED) is 0.541. The maximum atomic E-state index is 12.7. The van der Waals surface area contributed by atoms with E-state index in [1.54, 1.807) is 6.20 Å². The fourth-order valence-electron chi connectivity index (χ4n) is 2.89. The molecular formula is C20H17ClN4OS. The molecule has 0 aliphatic carbocycles. The summed E-state index contributed by atoms with van der Waals surface area (Å²) in [5.74, 6) is -0.121. The second-order valence-corrected chi connectivity index (χ2v) is 7.58. The van der Waals surface area contributed by atoms with Crippen LogP contribution in [-0.4, -0.2) is 26.3 Å². The minimum absolute atomic E-state index is 0.0263. The highest BCUT2D eigenvalue weighted by atomic mass is 35.5. The molecule has 5 nitrogen and oxygen atoms in total. The molecule has 136 valence electrons. The average molecular weight is 397 g/mol. The van der Waals surface area contributed by atoms with E-state index in [-0.39, 0.29) is 11.9 Å². The Labute approximate surface area is 165 Å². The molecule has 0 fully saturated rings. The third-order valence-corrected chi connectivity index (χ3v) is 5.29. The molecule has 1 amide bonds. The van der Waals surface area contributed by atoms with Gasteiger partial charge in [0.15, 0.2) is 4.96 Å². The first kappa shape index (κ1) is 17.7. The van der Waals surface area contributed by atoms with E-state index in [9.17, 15) is 4.79 Å². The summed E-state index contributed by atoms with van der Waals surface area (Å²) in [6, 6.07) is 13.3. The molecule has 0 spiro atoms. The van der Waals surface area contributed by atoms with E-state index in [2.05, 4.69) is 15.3 Å². The summed E-state index contributed by atoms with van der Waals surface area (Å²) in [6.07, 6.45) is 4.32. The smallest absolute Gasteiger partial charge is 0.269 e. The summed E-state index contributed by atoms with van der Waals surface area (Å²) in [7, 11) is 0. The zero-order valence-corrected chi connectivity index (χ0v) is 16.2. The summed E-state index contributed by atoms with van der Waals surface area (Å²) in [6.45, 7) is 1.98. The van der Waals surface area contributed by atoms with Crippen LogP contribution in [0.4, 0.5) is 0 Å². The van der Waals surface area contributed by atoms with Gasteiger partial charge in [0.05, 0.1) is 5.69 Å². The van der Waals surface area contributed by atoms with Crippen LogP contribution in [0.1, 0.15) is 23.1 Å². The van der Waals surface area contributed by atoms with Gasteiger partial charge in [-0.15, -0.1) is 11.3 Å². The maximum absolute atomic E-state index is 12.7. The molecule has 27 heavy (non-hydrogen) atoms. The van der Waals surface area contributed by atoms with E-state index >= 15 is 0 Å². The van der Waals surface area contributed by atoms with E-state index in [4.69, 9.17) is 11.6 Å². The van der Waals surface area contributed by atoms with E-state index in [1.807, 2.05) is 65.4 Å². The number of thiazole rings is 1. The first-order valence-electron chi connectivity index (χ1n) is 8.53. The molecule has 0 aliphatic heterocycles. The number of amides is 1. The normalized spacial score (nSPS) is 12.2. The van der Waals surface area contributed by atoms with Crippen LogP contribution in [0, 0.1) is 0 Å². The number of hydrogen-bond acceptors (Lipinski definition) is 4. The zero-order valence-electron chi connectivity index (χ0n) is 14.6. The van der Waals surface area contributed by atoms with E-state index in [0.717, 1.165) is 21.9 Å². The van der Waals surface area contributed by atoms with E-state index < -0.39 is 0 Å². The van der Waals surface area contributed by atoms with Crippen LogP contribution in [0.5, 0.6) is 0 Å². The van der Waals surface area contributed by atoms with E-state index in [1.165, 1.54) is 11.3 Å². The van der Waals surface area contributed by atoms with Gasteiger partial charge in [-0.1, -0.05) is 29.8 Å². The number of carbonyl (C=O) groups excluding carboxylic acids is 1. The largest absolute Gasteiger partial charge is 0.348 e. The summed E-state index contributed by atoms with van der Waals surface area (Å²) in [5.41, 5.74) is 3.31. The zero-order chi connectivity index (χ0) is 18.8. The molecule has 0 unspecified atom stereocenters. The molecule has 1 aromatic carbocycles. The van der Waals surface area contributed by atoms with Gasteiger partial charge < -0.3 is 5.32 Å². The predicted molar refractivity (Wildman–Crippen MR) is 108 cm³/mol. The van der Waals surface area contributed by atoms with Gasteiger partial charge in [-0.2, -0.15) is 0 Å². The lowest BCUT2D eigenvalue weighted by molar-refractivity contribution is 0.0934. The Hall–Kier alpha value is -2.70. The van der Waals surface area contributed by atoms with E-state index in [0.29, 0.717) is 17.1 Å². The lowest BCUT2D eigenvalue weighted by Crippen LogP contribution is -2.34. The van der Waals surface area contributed by atoms with Crippen molar-refractivity contribution in [3.63, 3.8) is 0 Å². The average Bonchev–Trinajstić information content (AvgIpc) is 3.23. The summed E-state index contributed by atoms with van der Waals surface area (Å²) in [4.78, 5) is 22.4. The standard InChI is InChI=1S/C20H17ClN4OS/c1-13(10-16-4-2-3-9-22-16)23-19(26)18-12-27-20-24-17(11-25(18)20)14-5-7-15(21)8-6-14/h2-9,11-13H,10H2,1H3,(H,23,26)/t13-/m0/s1. The number of fused-ring (bicyclic) bond motifs is 1. The van der Waals surface area contributed by atoms with Crippen molar-refractivity contribution in [2.45, 2.75) is 19.4 Å². The molecule has 4 rings (SSSR count). The molecule has 0 bridgehead atoms. The highest BCUT2D eigenvalue weighted by molar-refractivity contribution is 7.15. The minimum atomic E-state index is -0.121. The molecule has 1 N–H and O–H groups in total. The van der Waals surface area contributed by atoms with Crippen LogP contribution in [0.15, 0.2) is 60.2 Å². The first-order chi connectivity index (χ1) is 13.1. The molecule has 0 radical (unpaired) electrons. The van der Waals surface area contributed by atoms with Crippen LogP contribution < -0.4 is 5.32 Å². The van der Waals surface area contributed by atoms with Gasteiger partial charge in [0.1, 0.15) is 5.69 Å². The van der Waals surface area contributed by atoms with Gasteiger partial charge in [-0.25, -0.2) is 4.98 Å². The lowest BCUT2D eigenvalue weighted by Gasteiger charge is -2.13. The molecule has 3 aromatic heterocycles. The van der Waals surface area contributed by atoms with Crippen LogP contribution in [-0.2, 0) is 6.42 Å². The van der Waals surface area contributed by atoms with Gasteiger partial charge >= 0.3 is 0 Å². The monoisotopic (exact) mass is 396 g/mol. The summed E-state index contributed by atoms with van der Waals surface area (Å²) < 4.78 is 1.83. The molecule has 1 atom stereocenters. The van der Waals surface area contributed by atoms with Gasteiger partial charge in [-0.3, -0.25) is 14.2 Å². The Kier molecular flexibility index (Phi) is 4.92. The maximum Gasteiger partial charge on any atom is 0.269 e. The second-order valence-electron chi connectivity index (χ2n) is 6.31. The number of halogens is 1. The van der Waals surface area contributed by atoms with Crippen molar-refractivity contribution in [3.05, 3.63) is 76.6 Å². The number of carbonyl (C=O) groups is 1. The molecule has 7 heteroatoms. The first-order valence-corrected chi connectivity index (χ1v) is 9.79. The predicted octanol–water partition coefficient (Wildman–Crippen LogP) is 4.47. The number of pyridine rings is 1. The summed E-state index contributed by atoms with van der Waals surface area (Å²) in [5, 5.41) is 5.55. The highest BCUT2D eigenvalue weighted by Gasteiger charge is 2.17. The third kappa shape index (κ3) is 3.86. The van der Waals surface area contributed by atoms with Crippen LogP contribution in [0.3, 0.4) is 0 Å². The van der Waals surface area contributed by atoms with Crippen molar-refractivity contribution in [1.82, 2.24) is 19.7 Å². The number of nitrogens with one attached hydrogen (secondary N) is 1. The van der Waals surface area contributed by atoms with Crippen molar-refractivity contribution < 1.29 is 4.79 Å². The molecule has 0 aliphatic rings. The Morgan fingerprint density at radius 2 is 2.07 bits per heavy atom. The second kappa shape index (κ2) is 7.50. The molecule has 0 saturated carbocycles. The van der Waals surface area contributed by atoms with Crippen LogP contribution in [0.2, 0.25) is 5.02 Å². The number of rotatable bonds is 5. The fraction of sp³-hybridized carbons (Fsp3) is 0.150. The number of nitrogens with zero attached hydrogens (tertiary/aromatic N) is 3. The summed E-state index contributed by atoms with van der Waals surface area (Å²) >= 11 is 7.39. The Balaban J connectivity index is 1.52. The molecule has 4 aromatic rings. The number of hydrogen-bond donors (Lipinski definition) is 1. The number of benzene rings is 1. The topological polar surface area (TPSA) is 59.3 Å². The van der Waals surface area contributed by atoms with Crippen molar-refractivity contribution in [2.75, 3.05) is 0 Å². The Bertz CT molecular complexity index is 1070. The van der Waals surface area contributed by atoms with Gasteiger partial charge in [0, 0.05) is 46.5 Å². The number of aromatic nitrogens is 3. The van der Waals surface area contributed by atoms with Crippen molar-refractivity contribution in [1.29, 1.82) is 0 Å². The van der Waals surface area contributed by atoms with Crippen molar-refractivity contribution >= 4 is 33.8 Å².